The predicted octanol–water partition coefficient (Wildman–Crippen LogP) is 0.147. The van der Waals surface area contributed by atoms with E-state index >= 15 is 0 Å². The highest BCUT2D eigenvalue weighted by Gasteiger charge is 2.25. The van der Waals surface area contributed by atoms with Crippen LogP contribution in [0.4, 0.5) is 0 Å². The number of pyridine rings is 1. The van der Waals surface area contributed by atoms with Crippen molar-refractivity contribution in [2.45, 2.75) is 26.7 Å². The Hall–Kier alpha value is -1.67. The van der Waals surface area contributed by atoms with Crippen molar-refractivity contribution in [1.29, 1.82) is 0 Å². The summed E-state index contributed by atoms with van der Waals surface area (Å²) >= 11 is 0. The number of carbonyl (C=O) groups is 1. The highest BCUT2D eigenvalue weighted by Crippen LogP contribution is 2.12. The van der Waals surface area contributed by atoms with E-state index in [1.165, 1.54) is 10.4 Å². The molecule has 0 unspecified atom stereocenters. The Balaban J connectivity index is 1.96. The molecule has 2 rings (SSSR count). The molecule has 1 amide bonds. The first-order valence-electron chi connectivity index (χ1n) is 7.28. The van der Waals surface area contributed by atoms with E-state index in [-0.39, 0.29) is 17.9 Å². The molecule has 22 heavy (non-hydrogen) atoms. The molecule has 0 spiro atoms. The average Bonchev–Trinajstić information content (AvgIpc) is 2.97. The number of amides is 1. The number of aromatic nitrogens is 1. The number of rotatable bonds is 5. The summed E-state index contributed by atoms with van der Waals surface area (Å²) < 4.78 is 25.5. The Kier molecular flexibility index (Phi) is 5.02. The van der Waals surface area contributed by atoms with Gasteiger partial charge in [-0.1, -0.05) is 0 Å². The lowest BCUT2D eigenvalue weighted by atomic mass is 10.1. The number of carbonyl (C=O) groups excluding carboxylic acids is 1. The van der Waals surface area contributed by atoms with Gasteiger partial charge in [0, 0.05) is 25.3 Å². The van der Waals surface area contributed by atoms with E-state index < -0.39 is 21.5 Å². The Labute approximate surface area is 129 Å². The summed E-state index contributed by atoms with van der Waals surface area (Å²) in [7, 11) is -3.33. The molecule has 0 saturated carbocycles. The largest absolute Gasteiger partial charge is 0.351 e. The maximum atomic E-state index is 12.0. The van der Waals surface area contributed by atoms with Gasteiger partial charge in [-0.05, 0) is 38.3 Å². The average molecular weight is 327 g/mol. The van der Waals surface area contributed by atoms with Crippen molar-refractivity contribution in [3.05, 3.63) is 33.2 Å². The van der Waals surface area contributed by atoms with Crippen molar-refractivity contribution in [2.75, 3.05) is 25.4 Å². The van der Waals surface area contributed by atoms with Gasteiger partial charge in [-0.2, -0.15) is 0 Å². The van der Waals surface area contributed by atoms with Crippen molar-refractivity contribution in [2.24, 2.45) is 0 Å². The second kappa shape index (κ2) is 6.62. The Bertz CT molecular complexity index is 718. The number of H-pyrrole nitrogens is 1. The second-order valence-corrected chi connectivity index (χ2v) is 7.59. The smallest absolute Gasteiger partial charge is 0.261 e. The Morgan fingerprint density at radius 1 is 1.32 bits per heavy atom. The number of nitrogens with zero attached hydrogens (tertiary/aromatic N) is 1. The minimum Gasteiger partial charge on any atom is -0.351 e. The van der Waals surface area contributed by atoms with Gasteiger partial charge in [0.2, 0.25) is 10.0 Å². The minimum absolute atomic E-state index is 0.00155. The van der Waals surface area contributed by atoms with E-state index in [4.69, 9.17) is 0 Å². The lowest BCUT2D eigenvalue weighted by molar-refractivity contribution is 0.0954. The van der Waals surface area contributed by atoms with Crippen LogP contribution in [0.1, 0.15) is 34.5 Å². The molecule has 0 radical (unpaired) electrons. The molecule has 2 heterocycles. The van der Waals surface area contributed by atoms with Crippen LogP contribution in [0, 0.1) is 13.8 Å². The van der Waals surface area contributed by atoms with Crippen molar-refractivity contribution >= 4 is 15.9 Å². The molecule has 0 aromatic carbocycles. The molecule has 2 N–H and O–H groups in total. The summed E-state index contributed by atoms with van der Waals surface area (Å²) in [6.45, 7) is 4.63. The maximum Gasteiger partial charge on any atom is 0.261 e. The molecule has 7 nitrogen and oxygen atoms in total. The van der Waals surface area contributed by atoms with E-state index in [0.29, 0.717) is 18.8 Å². The molecule has 1 aromatic rings. The zero-order valence-electron chi connectivity index (χ0n) is 12.8. The van der Waals surface area contributed by atoms with Gasteiger partial charge in [0.05, 0.1) is 5.75 Å². The molecule has 1 aliphatic rings. The van der Waals surface area contributed by atoms with Crippen LogP contribution >= 0.6 is 0 Å². The van der Waals surface area contributed by atoms with E-state index in [2.05, 4.69) is 10.3 Å². The van der Waals surface area contributed by atoms with E-state index in [0.717, 1.165) is 18.4 Å². The summed E-state index contributed by atoms with van der Waals surface area (Å²) in [6.07, 6.45) is 1.76. The highest BCUT2D eigenvalue weighted by molar-refractivity contribution is 7.89. The molecule has 8 heteroatoms. The van der Waals surface area contributed by atoms with Crippen LogP contribution in [0.15, 0.2) is 10.9 Å². The van der Waals surface area contributed by atoms with Crippen molar-refractivity contribution < 1.29 is 13.2 Å². The fraction of sp³-hybridized carbons (Fsp3) is 0.571. The van der Waals surface area contributed by atoms with Crippen LogP contribution in [-0.2, 0) is 10.0 Å². The molecular weight excluding hydrogens is 306 g/mol. The van der Waals surface area contributed by atoms with Gasteiger partial charge in [-0.25, -0.2) is 12.7 Å². The topological polar surface area (TPSA) is 99.3 Å². The van der Waals surface area contributed by atoms with Crippen molar-refractivity contribution in [3.8, 4) is 0 Å². The third-order valence-corrected chi connectivity index (χ3v) is 5.72. The van der Waals surface area contributed by atoms with E-state index in [9.17, 15) is 18.0 Å². The molecule has 1 aliphatic heterocycles. The summed E-state index contributed by atoms with van der Waals surface area (Å²) in [6, 6.07) is 1.51. The van der Waals surface area contributed by atoms with Crippen LogP contribution in [0.25, 0.3) is 0 Å². The lowest BCUT2D eigenvalue weighted by Gasteiger charge is -2.15. The standard InChI is InChI=1S/C14H21N3O4S/c1-10-9-12(14(19)16-11(10)2)13(18)15-5-8-22(20,21)17-6-3-4-7-17/h9H,3-8H2,1-2H3,(H,15,18)(H,16,19). The van der Waals surface area contributed by atoms with Gasteiger partial charge in [0.1, 0.15) is 5.56 Å². The predicted molar refractivity (Wildman–Crippen MR) is 83.5 cm³/mol. The van der Waals surface area contributed by atoms with Crippen LogP contribution in [-0.4, -0.2) is 49.0 Å². The molecular formula is C14H21N3O4S. The second-order valence-electron chi connectivity index (χ2n) is 5.50. The van der Waals surface area contributed by atoms with Gasteiger partial charge in [0.15, 0.2) is 0 Å². The Morgan fingerprint density at radius 2 is 1.95 bits per heavy atom. The monoisotopic (exact) mass is 327 g/mol. The minimum atomic E-state index is -3.33. The highest BCUT2D eigenvalue weighted by atomic mass is 32.2. The fourth-order valence-corrected chi connectivity index (χ4v) is 3.81. The van der Waals surface area contributed by atoms with Gasteiger partial charge in [-0.3, -0.25) is 9.59 Å². The molecule has 0 atom stereocenters. The maximum absolute atomic E-state index is 12.0. The first-order valence-corrected chi connectivity index (χ1v) is 8.89. The van der Waals surface area contributed by atoms with Gasteiger partial charge in [0.25, 0.3) is 11.5 Å². The van der Waals surface area contributed by atoms with Gasteiger partial charge in [-0.15, -0.1) is 0 Å². The van der Waals surface area contributed by atoms with Crippen molar-refractivity contribution in [3.63, 3.8) is 0 Å². The SMILES string of the molecule is Cc1cc(C(=O)NCCS(=O)(=O)N2CCCC2)c(=O)[nH]c1C. The zero-order valence-corrected chi connectivity index (χ0v) is 13.6. The first kappa shape index (κ1) is 16.7. The number of aryl methyl sites for hydroxylation is 2. The van der Waals surface area contributed by atoms with Crippen LogP contribution in [0.3, 0.4) is 0 Å². The number of nitrogens with one attached hydrogen (secondary N) is 2. The van der Waals surface area contributed by atoms with Crippen LogP contribution < -0.4 is 10.9 Å². The quantitative estimate of drug-likeness (QED) is 0.804. The molecule has 1 saturated heterocycles. The van der Waals surface area contributed by atoms with Crippen LogP contribution in [0.2, 0.25) is 0 Å². The van der Waals surface area contributed by atoms with Gasteiger partial charge < -0.3 is 10.3 Å². The summed E-state index contributed by atoms with van der Waals surface area (Å²) in [5, 5.41) is 2.50. The lowest BCUT2D eigenvalue weighted by Crippen LogP contribution is -2.37. The molecule has 0 bridgehead atoms. The Morgan fingerprint density at radius 3 is 2.59 bits per heavy atom. The first-order chi connectivity index (χ1) is 10.3. The molecule has 0 aliphatic carbocycles. The zero-order chi connectivity index (χ0) is 16.3. The molecule has 122 valence electrons. The van der Waals surface area contributed by atoms with Crippen molar-refractivity contribution in [1.82, 2.24) is 14.6 Å². The normalized spacial score (nSPS) is 15.9. The van der Waals surface area contributed by atoms with E-state index in [1.54, 1.807) is 13.8 Å². The third kappa shape index (κ3) is 3.75. The third-order valence-electron chi connectivity index (χ3n) is 3.85. The number of aromatic amines is 1. The summed E-state index contributed by atoms with van der Waals surface area (Å²) in [5.74, 6) is -0.706. The summed E-state index contributed by atoms with van der Waals surface area (Å²) in [4.78, 5) is 26.4. The number of hydrogen-bond acceptors (Lipinski definition) is 4. The summed E-state index contributed by atoms with van der Waals surface area (Å²) in [5.41, 5.74) is 1.04. The van der Waals surface area contributed by atoms with Crippen LogP contribution in [0.5, 0.6) is 0 Å². The molecule has 1 fully saturated rings. The fourth-order valence-electron chi connectivity index (χ4n) is 2.38. The number of hydrogen-bond donors (Lipinski definition) is 2. The van der Waals surface area contributed by atoms with Gasteiger partial charge >= 0.3 is 0 Å². The number of sulfonamides is 1. The van der Waals surface area contributed by atoms with E-state index in [1.807, 2.05) is 0 Å². The molecule has 1 aromatic heterocycles.